The Labute approximate surface area is 277 Å². The Morgan fingerprint density at radius 2 is 1.23 bits per heavy atom. The average Bonchev–Trinajstić information content (AvgIpc) is 3.01. The molecular weight excluding hydrogens is 579 g/mol. The highest BCUT2D eigenvalue weighted by Gasteiger charge is 2.32. The molecule has 1 aliphatic rings. The molecule has 0 aromatic carbocycles. The van der Waals surface area contributed by atoms with E-state index in [9.17, 15) is 4.79 Å². The topological polar surface area (TPSA) is 48.0 Å². The van der Waals surface area contributed by atoms with E-state index in [-0.39, 0.29) is 5.97 Å². The number of carbonyl (C=O) groups excluding carboxylic acids is 1. The number of nitrogens with zero attached hydrogens (tertiary/aromatic N) is 1. The van der Waals surface area contributed by atoms with Crippen LogP contribution in [0.5, 0.6) is 0 Å². The zero-order chi connectivity index (χ0) is 32.4. The van der Waals surface area contributed by atoms with Gasteiger partial charge in [-0.2, -0.15) is 0 Å². The Morgan fingerprint density at radius 1 is 0.682 bits per heavy atom. The smallest absolute Gasteiger partial charge is 0.307 e. The van der Waals surface area contributed by atoms with E-state index in [1.165, 1.54) is 140 Å². The van der Waals surface area contributed by atoms with Crippen LogP contribution in [0.1, 0.15) is 150 Å². The van der Waals surface area contributed by atoms with Crippen molar-refractivity contribution in [3.63, 3.8) is 0 Å². The van der Waals surface area contributed by atoms with Gasteiger partial charge in [0.25, 0.3) is 0 Å². The van der Waals surface area contributed by atoms with Crippen molar-refractivity contribution >= 4 is 22.4 Å². The van der Waals surface area contributed by atoms with E-state index in [4.69, 9.17) is 13.9 Å². The Morgan fingerprint density at radius 3 is 1.75 bits per heavy atom. The van der Waals surface area contributed by atoms with Crippen LogP contribution >= 0.6 is 0 Å². The van der Waals surface area contributed by atoms with Gasteiger partial charge in [0.15, 0.2) is 8.32 Å². The van der Waals surface area contributed by atoms with Crippen LogP contribution in [0.4, 0.5) is 0 Å². The van der Waals surface area contributed by atoms with Crippen molar-refractivity contribution in [3.05, 3.63) is 0 Å². The fraction of sp³-hybridized carbons (Fsp3) is 0.973. The van der Waals surface area contributed by atoms with Crippen molar-refractivity contribution in [1.82, 2.24) is 4.90 Å². The van der Waals surface area contributed by atoms with Gasteiger partial charge in [-0.3, -0.25) is 4.79 Å². The summed E-state index contributed by atoms with van der Waals surface area (Å²) in [5.41, 5.74) is 0. The summed E-state index contributed by atoms with van der Waals surface area (Å²) < 4.78 is 17.8. The van der Waals surface area contributed by atoms with Crippen LogP contribution in [-0.2, 0) is 18.7 Å². The van der Waals surface area contributed by atoms with E-state index >= 15 is 0 Å². The molecule has 0 saturated heterocycles. The molecule has 1 rings (SSSR count). The van der Waals surface area contributed by atoms with Gasteiger partial charge in [-0.05, 0) is 39.3 Å². The standard InChI is InChI=1S/C37H77NO4Si2/c1-7-11-14-20-31-44(32-21-15-12-8-2,33-22-16-13-9-3)34-23-28-40-29-30-41-37(39)26-27-38(35-43(5,6)42-10-4)36-24-18-17-19-25-36/h36H,7-35H2,1-6H3. The molecule has 0 bridgehead atoms. The normalized spacial score (nSPS) is 14.9. The first-order valence-corrected chi connectivity index (χ1v) is 25.4. The molecule has 0 spiro atoms. The first kappa shape index (κ1) is 41.8. The molecule has 0 aromatic rings. The van der Waals surface area contributed by atoms with Crippen LogP contribution in [0.3, 0.4) is 0 Å². The summed E-state index contributed by atoms with van der Waals surface area (Å²) in [5, 5.41) is 0. The van der Waals surface area contributed by atoms with E-state index in [0.29, 0.717) is 25.7 Å². The van der Waals surface area contributed by atoms with E-state index in [2.05, 4.69) is 45.7 Å². The highest BCUT2D eigenvalue weighted by molar-refractivity contribution is 6.79. The molecule has 7 heteroatoms. The summed E-state index contributed by atoms with van der Waals surface area (Å²) in [6.45, 7) is 17.0. The molecular formula is C37H77NO4Si2. The first-order valence-electron chi connectivity index (χ1n) is 19.4. The Hall–Kier alpha value is -0.216. The first-order chi connectivity index (χ1) is 21.3. The van der Waals surface area contributed by atoms with Gasteiger partial charge in [-0.1, -0.05) is 141 Å². The predicted molar refractivity (Wildman–Crippen MR) is 196 cm³/mol. The molecule has 1 aliphatic carbocycles. The van der Waals surface area contributed by atoms with E-state index in [1.54, 1.807) is 0 Å². The lowest BCUT2D eigenvalue weighted by atomic mass is 9.94. The highest BCUT2D eigenvalue weighted by atomic mass is 28.4. The van der Waals surface area contributed by atoms with E-state index < -0.39 is 16.4 Å². The van der Waals surface area contributed by atoms with Gasteiger partial charge in [-0.25, -0.2) is 0 Å². The van der Waals surface area contributed by atoms with Crippen LogP contribution in [-0.4, -0.2) is 72.4 Å². The minimum absolute atomic E-state index is 0.0806. The fourth-order valence-electron chi connectivity index (χ4n) is 7.47. The number of hydrogen-bond acceptors (Lipinski definition) is 5. The molecule has 0 heterocycles. The molecule has 44 heavy (non-hydrogen) atoms. The van der Waals surface area contributed by atoms with Gasteiger partial charge in [0.1, 0.15) is 6.61 Å². The van der Waals surface area contributed by atoms with E-state index in [1.807, 2.05) is 0 Å². The van der Waals surface area contributed by atoms with Gasteiger partial charge in [0.05, 0.1) is 21.1 Å². The SMILES string of the molecule is CCCCCC[Si](CCCCCC)(CCCCCC)CCCOCCOC(=O)CCN(C[Si](C)(C)OCC)C1CCCCC1. The lowest BCUT2D eigenvalue weighted by Crippen LogP contribution is -2.50. The van der Waals surface area contributed by atoms with Crippen molar-refractivity contribution in [2.24, 2.45) is 0 Å². The van der Waals surface area contributed by atoms with Crippen LogP contribution in [0.2, 0.25) is 37.3 Å². The van der Waals surface area contributed by atoms with Crippen molar-refractivity contribution in [3.8, 4) is 0 Å². The second-order valence-electron chi connectivity index (χ2n) is 14.6. The van der Waals surface area contributed by atoms with Crippen LogP contribution in [0.15, 0.2) is 0 Å². The summed E-state index contributed by atoms with van der Waals surface area (Å²) in [7, 11) is -3.03. The number of ether oxygens (including phenoxy) is 2. The minimum Gasteiger partial charge on any atom is -0.463 e. The predicted octanol–water partition coefficient (Wildman–Crippen LogP) is 10.9. The van der Waals surface area contributed by atoms with Crippen molar-refractivity contribution < 1.29 is 18.7 Å². The molecule has 1 saturated carbocycles. The number of carbonyl (C=O) groups is 1. The lowest BCUT2D eigenvalue weighted by molar-refractivity contribution is -0.145. The average molecular weight is 656 g/mol. The maximum atomic E-state index is 12.7. The van der Waals surface area contributed by atoms with Gasteiger partial charge in [-0.15, -0.1) is 0 Å². The largest absolute Gasteiger partial charge is 0.463 e. The van der Waals surface area contributed by atoms with Gasteiger partial charge < -0.3 is 18.8 Å². The molecule has 0 aliphatic heterocycles. The molecule has 0 amide bonds. The monoisotopic (exact) mass is 656 g/mol. The third kappa shape index (κ3) is 20.8. The number of hydrogen-bond donors (Lipinski definition) is 0. The highest BCUT2D eigenvalue weighted by Crippen LogP contribution is 2.34. The Bertz CT molecular complexity index is 641. The number of rotatable bonds is 30. The second kappa shape index (κ2) is 26.8. The molecule has 0 atom stereocenters. The summed E-state index contributed by atoms with van der Waals surface area (Å²) in [4.78, 5) is 15.2. The Kier molecular flexibility index (Phi) is 25.5. The van der Waals surface area contributed by atoms with Crippen molar-refractivity contribution in [2.75, 3.05) is 39.1 Å². The maximum absolute atomic E-state index is 12.7. The molecule has 0 aromatic heterocycles. The Balaban J connectivity index is 2.48. The maximum Gasteiger partial charge on any atom is 0.307 e. The van der Waals surface area contributed by atoms with Gasteiger partial charge in [0.2, 0.25) is 0 Å². The van der Waals surface area contributed by atoms with Gasteiger partial charge >= 0.3 is 5.97 Å². The van der Waals surface area contributed by atoms with Crippen molar-refractivity contribution in [2.45, 2.75) is 193 Å². The van der Waals surface area contributed by atoms with Crippen LogP contribution < -0.4 is 0 Å². The minimum atomic E-state index is -1.76. The number of unbranched alkanes of at least 4 members (excludes halogenated alkanes) is 9. The lowest BCUT2D eigenvalue weighted by Gasteiger charge is -2.38. The zero-order valence-electron chi connectivity index (χ0n) is 30.7. The molecule has 0 N–H and O–H groups in total. The van der Waals surface area contributed by atoms with Crippen LogP contribution in [0, 0.1) is 0 Å². The molecule has 1 fully saturated rings. The molecule has 5 nitrogen and oxygen atoms in total. The molecule has 0 radical (unpaired) electrons. The summed E-state index contributed by atoms with van der Waals surface area (Å²) in [6, 6.07) is 6.61. The zero-order valence-corrected chi connectivity index (χ0v) is 32.7. The van der Waals surface area contributed by atoms with E-state index in [0.717, 1.165) is 25.9 Å². The summed E-state index contributed by atoms with van der Waals surface area (Å²) in [6.07, 6.45) is 25.9. The third-order valence-corrected chi connectivity index (χ3v) is 17.9. The van der Waals surface area contributed by atoms with Gasteiger partial charge in [0, 0.05) is 32.0 Å². The summed E-state index contributed by atoms with van der Waals surface area (Å²) in [5.74, 6) is -0.0806. The second-order valence-corrected chi connectivity index (χ2v) is 23.7. The quantitative estimate of drug-likeness (QED) is 0.0438. The molecule has 262 valence electrons. The number of esters is 1. The van der Waals surface area contributed by atoms with Crippen LogP contribution in [0.25, 0.3) is 0 Å². The third-order valence-electron chi connectivity index (χ3n) is 9.98. The fourth-order valence-corrected chi connectivity index (χ4v) is 15.1. The van der Waals surface area contributed by atoms with Crippen molar-refractivity contribution in [1.29, 1.82) is 0 Å². The summed E-state index contributed by atoms with van der Waals surface area (Å²) >= 11 is 0. The molecule has 0 unspecified atom stereocenters.